The summed E-state index contributed by atoms with van der Waals surface area (Å²) in [5.41, 5.74) is 3.17. The van der Waals surface area contributed by atoms with Crippen molar-refractivity contribution in [1.29, 1.82) is 0 Å². The number of nitrogens with one attached hydrogen (secondary N) is 2. The van der Waals surface area contributed by atoms with Crippen LogP contribution in [0.3, 0.4) is 0 Å². The van der Waals surface area contributed by atoms with Gasteiger partial charge in [-0.2, -0.15) is 0 Å². The zero-order valence-corrected chi connectivity index (χ0v) is 16.0. The minimum Gasteiger partial charge on any atom is -0.357 e. The lowest BCUT2D eigenvalue weighted by Gasteiger charge is -2.11. The minimum atomic E-state index is 0.00504. The summed E-state index contributed by atoms with van der Waals surface area (Å²) in [5.74, 6) is 0.757. The van der Waals surface area contributed by atoms with Crippen LogP contribution in [-0.4, -0.2) is 22.1 Å². The van der Waals surface area contributed by atoms with Crippen molar-refractivity contribution in [2.75, 3.05) is 6.54 Å². The summed E-state index contributed by atoms with van der Waals surface area (Å²) in [4.78, 5) is 20.8. The SMILES string of the molecule is CCNC(=NCc1ccc(Cn2ccccc2=O)cc1)NCc1ccccn1. The summed E-state index contributed by atoms with van der Waals surface area (Å²) < 4.78 is 1.69. The van der Waals surface area contributed by atoms with Gasteiger partial charge in [0.15, 0.2) is 5.96 Å². The molecule has 28 heavy (non-hydrogen) atoms. The molecule has 0 fully saturated rings. The predicted molar refractivity (Wildman–Crippen MR) is 112 cm³/mol. The van der Waals surface area contributed by atoms with Crippen LogP contribution in [0.25, 0.3) is 0 Å². The number of benzene rings is 1. The van der Waals surface area contributed by atoms with E-state index < -0.39 is 0 Å². The van der Waals surface area contributed by atoms with Crippen LogP contribution in [0, 0.1) is 0 Å². The van der Waals surface area contributed by atoms with Gasteiger partial charge in [0.05, 0.1) is 25.3 Å². The molecule has 0 saturated heterocycles. The lowest BCUT2D eigenvalue weighted by atomic mass is 10.1. The standard InChI is InChI=1S/C22H25N5O/c1-2-23-22(26-16-20-7-3-5-13-24-20)25-15-18-9-11-19(12-10-18)17-27-14-6-4-8-21(27)28/h3-14H,2,15-17H2,1H3,(H2,23,25,26). The third-order valence-electron chi connectivity index (χ3n) is 4.20. The molecule has 0 aliphatic rings. The van der Waals surface area contributed by atoms with Gasteiger partial charge in [-0.1, -0.05) is 36.4 Å². The Hall–Kier alpha value is -3.41. The molecule has 0 amide bonds. The average Bonchev–Trinajstić information content (AvgIpc) is 2.73. The van der Waals surface area contributed by atoms with Gasteiger partial charge >= 0.3 is 0 Å². The first-order valence-electron chi connectivity index (χ1n) is 9.40. The smallest absolute Gasteiger partial charge is 0.250 e. The summed E-state index contributed by atoms with van der Waals surface area (Å²) in [6.07, 6.45) is 3.59. The largest absolute Gasteiger partial charge is 0.357 e. The Morgan fingerprint density at radius 3 is 2.50 bits per heavy atom. The lowest BCUT2D eigenvalue weighted by Crippen LogP contribution is -2.36. The number of hydrogen-bond acceptors (Lipinski definition) is 3. The van der Waals surface area contributed by atoms with E-state index in [2.05, 4.69) is 32.7 Å². The fraction of sp³-hybridized carbons (Fsp3) is 0.227. The molecular weight excluding hydrogens is 350 g/mol. The van der Waals surface area contributed by atoms with Crippen molar-refractivity contribution >= 4 is 5.96 Å². The first kappa shape index (κ1) is 19.4. The fourth-order valence-corrected chi connectivity index (χ4v) is 2.73. The highest BCUT2D eigenvalue weighted by atomic mass is 16.1. The molecule has 0 atom stereocenters. The van der Waals surface area contributed by atoms with Crippen LogP contribution >= 0.6 is 0 Å². The Morgan fingerprint density at radius 2 is 1.79 bits per heavy atom. The van der Waals surface area contributed by atoms with E-state index in [-0.39, 0.29) is 5.56 Å². The zero-order chi connectivity index (χ0) is 19.6. The molecule has 2 N–H and O–H groups in total. The van der Waals surface area contributed by atoms with Gasteiger partial charge in [-0.3, -0.25) is 9.78 Å². The van der Waals surface area contributed by atoms with Gasteiger partial charge in [0.1, 0.15) is 0 Å². The normalized spacial score (nSPS) is 11.2. The average molecular weight is 375 g/mol. The Kier molecular flexibility index (Phi) is 6.95. The fourth-order valence-electron chi connectivity index (χ4n) is 2.73. The van der Waals surface area contributed by atoms with E-state index in [1.807, 2.05) is 43.3 Å². The predicted octanol–water partition coefficient (Wildman–Crippen LogP) is 2.55. The van der Waals surface area contributed by atoms with Crippen LogP contribution in [0.2, 0.25) is 0 Å². The van der Waals surface area contributed by atoms with Gasteiger partial charge in [0.2, 0.25) is 0 Å². The van der Waals surface area contributed by atoms with E-state index in [1.165, 1.54) is 0 Å². The summed E-state index contributed by atoms with van der Waals surface area (Å²) >= 11 is 0. The molecule has 6 heteroatoms. The maximum absolute atomic E-state index is 11.8. The molecule has 2 heterocycles. The molecule has 0 aliphatic heterocycles. The molecule has 2 aromatic heterocycles. The molecule has 0 saturated carbocycles. The van der Waals surface area contributed by atoms with Crippen molar-refractivity contribution in [3.05, 3.63) is 100 Å². The van der Waals surface area contributed by atoms with Gasteiger partial charge in [-0.25, -0.2) is 4.99 Å². The summed E-state index contributed by atoms with van der Waals surface area (Å²) in [6, 6.07) is 19.2. The van der Waals surface area contributed by atoms with Crippen LogP contribution in [0.15, 0.2) is 82.8 Å². The van der Waals surface area contributed by atoms with E-state index in [0.717, 1.165) is 29.3 Å². The molecule has 1 aromatic carbocycles. The van der Waals surface area contributed by atoms with Gasteiger partial charge in [0, 0.05) is 25.0 Å². The van der Waals surface area contributed by atoms with E-state index in [9.17, 15) is 4.79 Å². The van der Waals surface area contributed by atoms with Crippen molar-refractivity contribution in [3.63, 3.8) is 0 Å². The van der Waals surface area contributed by atoms with Crippen LogP contribution in [-0.2, 0) is 19.6 Å². The van der Waals surface area contributed by atoms with E-state index >= 15 is 0 Å². The topological polar surface area (TPSA) is 71.3 Å². The Bertz CT molecular complexity index is 948. The van der Waals surface area contributed by atoms with Crippen LogP contribution in [0.5, 0.6) is 0 Å². The van der Waals surface area contributed by atoms with Crippen molar-refractivity contribution in [2.45, 2.75) is 26.6 Å². The van der Waals surface area contributed by atoms with E-state index in [0.29, 0.717) is 19.6 Å². The van der Waals surface area contributed by atoms with Crippen LogP contribution < -0.4 is 16.2 Å². The summed E-state index contributed by atoms with van der Waals surface area (Å²) in [7, 11) is 0. The number of aromatic nitrogens is 2. The number of rotatable bonds is 7. The third-order valence-corrected chi connectivity index (χ3v) is 4.20. The summed E-state index contributed by atoms with van der Waals surface area (Å²) in [6.45, 7) is 4.59. The molecule has 0 spiro atoms. The molecule has 3 aromatic rings. The van der Waals surface area contributed by atoms with Crippen molar-refractivity contribution in [2.24, 2.45) is 4.99 Å². The highest BCUT2D eigenvalue weighted by molar-refractivity contribution is 5.79. The van der Waals surface area contributed by atoms with E-state index in [4.69, 9.17) is 0 Å². The summed E-state index contributed by atoms with van der Waals surface area (Å²) in [5, 5.41) is 6.54. The number of guanidine groups is 1. The second kappa shape index (κ2) is 10.1. The lowest BCUT2D eigenvalue weighted by molar-refractivity contribution is 0.759. The molecule has 3 rings (SSSR count). The number of nitrogens with zero attached hydrogens (tertiary/aromatic N) is 3. The third kappa shape index (κ3) is 5.81. The van der Waals surface area contributed by atoms with Gasteiger partial charge in [0.25, 0.3) is 5.56 Å². The van der Waals surface area contributed by atoms with Crippen LogP contribution in [0.4, 0.5) is 0 Å². The zero-order valence-electron chi connectivity index (χ0n) is 16.0. The minimum absolute atomic E-state index is 0.00504. The van der Waals surface area contributed by atoms with Crippen LogP contribution in [0.1, 0.15) is 23.7 Å². The molecule has 6 nitrogen and oxygen atoms in total. The Labute approximate surface area is 165 Å². The Morgan fingerprint density at radius 1 is 1.00 bits per heavy atom. The van der Waals surface area contributed by atoms with Crippen molar-refractivity contribution < 1.29 is 0 Å². The molecule has 144 valence electrons. The number of aliphatic imine (C=N–C) groups is 1. The quantitative estimate of drug-likeness (QED) is 0.492. The highest BCUT2D eigenvalue weighted by Gasteiger charge is 2.01. The molecular formula is C22H25N5O. The molecule has 0 unspecified atom stereocenters. The van der Waals surface area contributed by atoms with Gasteiger partial charge in [-0.05, 0) is 36.2 Å². The highest BCUT2D eigenvalue weighted by Crippen LogP contribution is 2.07. The number of pyridine rings is 2. The maximum Gasteiger partial charge on any atom is 0.250 e. The second-order valence-electron chi connectivity index (χ2n) is 6.35. The maximum atomic E-state index is 11.8. The molecule has 0 radical (unpaired) electrons. The Balaban J connectivity index is 1.59. The molecule has 0 bridgehead atoms. The van der Waals surface area contributed by atoms with E-state index in [1.54, 1.807) is 29.1 Å². The van der Waals surface area contributed by atoms with Crippen molar-refractivity contribution in [1.82, 2.24) is 20.2 Å². The molecule has 0 aliphatic carbocycles. The first-order valence-corrected chi connectivity index (χ1v) is 9.40. The second-order valence-corrected chi connectivity index (χ2v) is 6.35. The number of hydrogen-bond donors (Lipinski definition) is 2. The van der Waals surface area contributed by atoms with Crippen molar-refractivity contribution in [3.8, 4) is 0 Å². The van der Waals surface area contributed by atoms with Gasteiger partial charge in [-0.15, -0.1) is 0 Å². The monoisotopic (exact) mass is 375 g/mol. The first-order chi connectivity index (χ1) is 13.7. The van der Waals surface area contributed by atoms with Gasteiger partial charge < -0.3 is 15.2 Å².